The maximum absolute atomic E-state index is 11.3. The molecule has 0 saturated carbocycles. The number of amidine groups is 1. The molecule has 0 spiro atoms. The van der Waals surface area contributed by atoms with Gasteiger partial charge < -0.3 is 10.1 Å². The molecule has 0 radical (unpaired) electrons. The number of ether oxygens (including phenoxy) is 1. The molecule has 21 heavy (non-hydrogen) atoms. The van der Waals surface area contributed by atoms with Crippen LogP contribution >= 0.6 is 11.8 Å². The van der Waals surface area contributed by atoms with Gasteiger partial charge in [-0.05, 0) is 25.5 Å². The number of unbranched alkanes of at least 4 members (excludes halogenated alkanes) is 1. The molecule has 1 saturated heterocycles. The minimum absolute atomic E-state index is 0.0303. The van der Waals surface area contributed by atoms with Crippen molar-refractivity contribution in [2.24, 2.45) is 10.2 Å². The highest BCUT2D eigenvalue weighted by Crippen LogP contribution is 2.19. The first kappa shape index (κ1) is 15.6. The molecule has 1 aliphatic rings. The first-order valence-electron chi connectivity index (χ1n) is 7.01. The van der Waals surface area contributed by atoms with E-state index in [-0.39, 0.29) is 11.2 Å². The topological polar surface area (TPSA) is 63.1 Å². The largest absolute Gasteiger partial charge is 0.493 e. The van der Waals surface area contributed by atoms with E-state index < -0.39 is 0 Å². The summed E-state index contributed by atoms with van der Waals surface area (Å²) < 4.78 is 5.72. The number of hydrogen-bond acceptors (Lipinski definition) is 5. The van der Waals surface area contributed by atoms with E-state index in [2.05, 4.69) is 22.4 Å². The Labute approximate surface area is 128 Å². The summed E-state index contributed by atoms with van der Waals surface area (Å²) in [5.74, 6) is 0.767. The van der Waals surface area contributed by atoms with E-state index in [0.717, 1.165) is 24.2 Å². The van der Waals surface area contributed by atoms with Crippen LogP contribution in [-0.4, -0.2) is 29.1 Å². The van der Waals surface area contributed by atoms with Crippen LogP contribution in [0, 0.1) is 0 Å². The van der Waals surface area contributed by atoms with Gasteiger partial charge in [-0.15, -0.1) is 5.10 Å². The molecule has 1 aromatic carbocycles. The average Bonchev–Trinajstić information content (AvgIpc) is 2.79. The molecule has 1 aromatic rings. The summed E-state index contributed by atoms with van der Waals surface area (Å²) in [4.78, 5) is 11.3. The van der Waals surface area contributed by atoms with Gasteiger partial charge in [0, 0.05) is 5.56 Å². The SMILES string of the molecule is CCCCOc1ccccc1/C=N\N=C1\NC(=O)[C@@H](C)S1. The number of carbonyl (C=O) groups excluding carboxylic acids is 1. The third-order valence-corrected chi connectivity index (χ3v) is 3.88. The molecular weight excluding hydrogens is 286 g/mol. The zero-order valence-corrected chi connectivity index (χ0v) is 13.0. The lowest BCUT2D eigenvalue weighted by molar-refractivity contribution is -0.118. The van der Waals surface area contributed by atoms with Gasteiger partial charge in [-0.2, -0.15) is 5.10 Å². The molecule has 1 aliphatic heterocycles. The zero-order valence-electron chi connectivity index (χ0n) is 12.2. The molecule has 0 unspecified atom stereocenters. The van der Waals surface area contributed by atoms with E-state index in [1.165, 1.54) is 11.8 Å². The Balaban J connectivity index is 2.00. The number of nitrogens with one attached hydrogen (secondary N) is 1. The number of carbonyl (C=O) groups is 1. The van der Waals surface area contributed by atoms with Gasteiger partial charge in [0.05, 0.1) is 18.1 Å². The van der Waals surface area contributed by atoms with Crippen LogP contribution in [0.1, 0.15) is 32.3 Å². The fourth-order valence-corrected chi connectivity index (χ4v) is 2.45. The first-order chi connectivity index (χ1) is 10.2. The maximum Gasteiger partial charge on any atom is 0.239 e. The summed E-state index contributed by atoms with van der Waals surface area (Å²) >= 11 is 1.37. The van der Waals surface area contributed by atoms with E-state index in [1.54, 1.807) is 6.21 Å². The summed E-state index contributed by atoms with van der Waals surface area (Å²) in [5.41, 5.74) is 0.875. The molecule has 1 N–H and O–H groups in total. The number of para-hydroxylation sites is 1. The highest BCUT2D eigenvalue weighted by atomic mass is 32.2. The van der Waals surface area contributed by atoms with Crippen molar-refractivity contribution in [2.45, 2.75) is 31.9 Å². The monoisotopic (exact) mass is 305 g/mol. The van der Waals surface area contributed by atoms with Gasteiger partial charge in [-0.25, -0.2) is 0 Å². The molecule has 1 amide bonds. The van der Waals surface area contributed by atoms with Gasteiger partial charge >= 0.3 is 0 Å². The van der Waals surface area contributed by atoms with Crippen molar-refractivity contribution < 1.29 is 9.53 Å². The quantitative estimate of drug-likeness (QED) is 0.499. The summed E-state index contributed by atoms with van der Waals surface area (Å²) in [6.07, 6.45) is 3.76. The zero-order chi connectivity index (χ0) is 15.1. The highest BCUT2D eigenvalue weighted by molar-refractivity contribution is 8.15. The van der Waals surface area contributed by atoms with Gasteiger partial charge in [0.15, 0.2) is 5.17 Å². The molecule has 1 heterocycles. The smallest absolute Gasteiger partial charge is 0.239 e. The Hall–Kier alpha value is -1.82. The van der Waals surface area contributed by atoms with Gasteiger partial charge in [-0.3, -0.25) is 4.79 Å². The van der Waals surface area contributed by atoms with E-state index in [9.17, 15) is 4.79 Å². The van der Waals surface area contributed by atoms with Crippen LogP contribution in [0.25, 0.3) is 0 Å². The van der Waals surface area contributed by atoms with E-state index in [4.69, 9.17) is 4.74 Å². The van der Waals surface area contributed by atoms with Crippen molar-refractivity contribution in [2.75, 3.05) is 6.61 Å². The van der Waals surface area contributed by atoms with Crippen molar-refractivity contribution in [3.63, 3.8) is 0 Å². The molecule has 0 aromatic heterocycles. The molecule has 5 nitrogen and oxygen atoms in total. The fraction of sp³-hybridized carbons (Fsp3) is 0.400. The van der Waals surface area contributed by atoms with Crippen LogP contribution in [0.15, 0.2) is 34.5 Å². The van der Waals surface area contributed by atoms with E-state index in [1.807, 2.05) is 31.2 Å². The van der Waals surface area contributed by atoms with Crippen molar-refractivity contribution in [3.8, 4) is 5.75 Å². The molecule has 1 fully saturated rings. The van der Waals surface area contributed by atoms with Crippen LogP contribution in [0.3, 0.4) is 0 Å². The normalized spacial score (nSPS) is 20.2. The molecule has 0 aliphatic carbocycles. The standard InChI is InChI=1S/C15H19N3O2S/c1-3-4-9-20-13-8-6-5-7-12(13)10-16-18-15-17-14(19)11(2)21-15/h5-8,10-11H,3-4,9H2,1-2H3,(H,17,18,19)/b16-10-/t11-/m1/s1. The third-order valence-electron chi connectivity index (χ3n) is 2.91. The molecule has 1 atom stereocenters. The summed E-state index contributed by atoms with van der Waals surface area (Å²) in [5, 5.41) is 11.2. The van der Waals surface area contributed by atoms with Crippen LogP contribution < -0.4 is 10.1 Å². The summed E-state index contributed by atoms with van der Waals surface area (Å²) in [6.45, 7) is 4.66. The lowest BCUT2D eigenvalue weighted by Crippen LogP contribution is -2.23. The van der Waals surface area contributed by atoms with E-state index in [0.29, 0.717) is 11.8 Å². The van der Waals surface area contributed by atoms with Crippen molar-refractivity contribution in [3.05, 3.63) is 29.8 Å². The Kier molecular flexibility index (Phi) is 5.80. The Morgan fingerprint density at radius 1 is 1.43 bits per heavy atom. The number of rotatable bonds is 6. The summed E-state index contributed by atoms with van der Waals surface area (Å²) in [6, 6.07) is 7.70. The minimum atomic E-state index is -0.108. The third kappa shape index (κ3) is 4.60. The van der Waals surface area contributed by atoms with Crippen molar-refractivity contribution in [1.82, 2.24) is 5.32 Å². The summed E-state index contributed by atoms with van der Waals surface area (Å²) in [7, 11) is 0. The second-order valence-electron chi connectivity index (χ2n) is 4.64. The Bertz CT molecular complexity index is 558. The number of hydrogen-bond donors (Lipinski definition) is 1. The Morgan fingerprint density at radius 3 is 2.95 bits per heavy atom. The molecular formula is C15H19N3O2S. The van der Waals surface area contributed by atoms with Gasteiger partial charge in [0.1, 0.15) is 5.75 Å². The second kappa shape index (κ2) is 7.83. The number of thioether (sulfide) groups is 1. The predicted octanol–water partition coefficient (Wildman–Crippen LogP) is 2.81. The fourth-order valence-electron chi connectivity index (χ4n) is 1.69. The average molecular weight is 305 g/mol. The van der Waals surface area contributed by atoms with Crippen molar-refractivity contribution >= 4 is 29.1 Å². The number of amides is 1. The van der Waals surface area contributed by atoms with Crippen LogP contribution in [0.4, 0.5) is 0 Å². The number of benzene rings is 1. The predicted molar refractivity (Wildman–Crippen MR) is 87.1 cm³/mol. The highest BCUT2D eigenvalue weighted by Gasteiger charge is 2.25. The van der Waals surface area contributed by atoms with Crippen molar-refractivity contribution in [1.29, 1.82) is 0 Å². The van der Waals surface area contributed by atoms with Gasteiger partial charge in [0.2, 0.25) is 5.91 Å². The van der Waals surface area contributed by atoms with Crippen LogP contribution in [0.5, 0.6) is 5.75 Å². The second-order valence-corrected chi connectivity index (χ2v) is 5.97. The van der Waals surface area contributed by atoms with Gasteiger partial charge in [-0.1, -0.05) is 37.2 Å². The lowest BCUT2D eigenvalue weighted by atomic mass is 10.2. The molecule has 2 rings (SSSR count). The van der Waals surface area contributed by atoms with Crippen LogP contribution in [-0.2, 0) is 4.79 Å². The Morgan fingerprint density at radius 2 is 2.24 bits per heavy atom. The molecule has 6 heteroatoms. The lowest BCUT2D eigenvalue weighted by Gasteiger charge is -2.07. The van der Waals surface area contributed by atoms with Gasteiger partial charge in [0.25, 0.3) is 0 Å². The maximum atomic E-state index is 11.3. The van der Waals surface area contributed by atoms with E-state index >= 15 is 0 Å². The number of nitrogens with zero attached hydrogens (tertiary/aromatic N) is 2. The molecule has 0 bridgehead atoms. The molecule has 112 valence electrons. The van der Waals surface area contributed by atoms with Crippen LogP contribution in [0.2, 0.25) is 0 Å². The first-order valence-corrected chi connectivity index (χ1v) is 7.89. The minimum Gasteiger partial charge on any atom is -0.493 e.